The lowest BCUT2D eigenvalue weighted by atomic mass is 9.96. The molecule has 162 valence electrons. The van der Waals surface area contributed by atoms with Gasteiger partial charge in [0.2, 0.25) is 0 Å². The quantitative estimate of drug-likeness (QED) is 0.361. The van der Waals surface area contributed by atoms with Crippen molar-refractivity contribution in [1.29, 1.82) is 0 Å². The van der Waals surface area contributed by atoms with E-state index in [1.165, 1.54) is 35.4 Å². The van der Waals surface area contributed by atoms with E-state index in [4.69, 9.17) is 4.74 Å². The normalized spacial score (nSPS) is 17.8. The van der Waals surface area contributed by atoms with E-state index in [2.05, 4.69) is 4.98 Å². The van der Waals surface area contributed by atoms with E-state index in [1.54, 1.807) is 42.6 Å². The Labute approximate surface area is 184 Å². The minimum absolute atomic E-state index is 0.0750. The predicted molar refractivity (Wildman–Crippen MR) is 118 cm³/mol. The van der Waals surface area contributed by atoms with E-state index >= 15 is 0 Å². The average molecular weight is 432 g/mol. The first-order valence-electron chi connectivity index (χ1n) is 10.1. The number of ether oxygens (including phenoxy) is 1. The summed E-state index contributed by atoms with van der Waals surface area (Å²) in [6, 6.07) is 14.4. The van der Waals surface area contributed by atoms with Crippen molar-refractivity contribution in [3.63, 3.8) is 0 Å². The Hall–Kier alpha value is -4.00. The van der Waals surface area contributed by atoms with Gasteiger partial charge in [-0.1, -0.05) is 18.2 Å². The van der Waals surface area contributed by atoms with Crippen molar-refractivity contribution in [1.82, 2.24) is 4.98 Å². The van der Waals surface area contributed by atoms with Crippen LogP contribution in [-0.2, 0) is 9.59 Å². The zero-order valence-electron chi connectivity index (χ0n) is 17.5. The number of nitrogens with zero attached hydrogens (tertiary/aromatic N) is 2. The number of hydrogen-bond acceptors (Lipinski definition) is 5. The molecule has 0 spiro atoms. The second-order valence-corrected chi connectivity index (χ2v) is 7.63. The lowest BCUT2D eigenvalue weighted by molar-refractivity contribution is -0.132. The van der Waals surface area contributed by atoms with Crippen molar-refractivity contribution >= 4 is 23.1 Å². The van der Waals surface area contributed by atoms with Crippen LogP contribution in [0.5, 0.6) is 5.75 Å². The zero-order chi connectivity index (χ0) is 22.8. The summed E-state index contributed by atoms with van der Waals surface area (Å²) < 4.78 is 19.2. The van der Waals surface area contributed by atoms with Crippen LogP contribution >= 0.6 is 0 Å². The SMILES string of the molecule is CC(C)Oc1cccc(/C(O)=C2/C(=O)C(=O)N(c3ccc(F)cc3)C2c2cccnc2)c1. The first kappa shape index (κ1) is 21.2. The van der Waals surface area contributed by atoms with Gasteiger partial charge in [0.25, 0.3) is 11.7 Å². The van der Waals surface area contributed by atoms with Gasteiger partial charge < -0.3 is 9.84 Å². The maximum absolute atomic E-state index is 13.5. The number of benzene rings is 2. The molecule has 4 rings (SSSR count). The van der Waals surface area contributed by atoms with Crippen LogP contribution < -0.4 is 9.64 Å². The molecule has 1 aromatic heterocycles. The molecule has 1 aliphatic rings. The van der Waals surface area contributed by atoms with Gasteiger partial charge in [-0.15, -0.1) is 0 Å². The second-order valence-electron chi connectivity index (χ2n) is 7.63. The van der Waals surface area contributed by atoms with Gasteiger partial charge >= 0.3 is 0 Å². The Morgan fingerprint density at radius 1 is 1.09 bits per heavy atom. The number of carbonyl (C=O) groups is 2. The molecule has 1 saturated heterocycles. The van der Waals surface area contributed by atoms with Crippen LogP contribution in [0.4, 0.5) is 10.1 Å². The number of halogens is 1. The van der Waals surface area contributed by atoms with Gasteiger partial charge in [-0.3, -0.25) is 19.5 Å². The minimum Gasteiger partial charge on any atom is -0.507 e. The highest BCUT2D eigenvalue weighted by atomic mass is 19.1. The topological polar surface area (TPSA) is 79.7 Å². The van der Waals surface area contributed by atoms with Crippen molar-refractivity contribution < 1.29 is 23.8 Å². The highest BCUT2D eigenvalue weighted by Crippen LogP contribution is 2.42. The van der Waals surface area contributed by atoms with Crippen LogP contribution in [0.2, 0.25) is 0 Å². The van der Waals surface area contributed by atoms with Crippen LogP contribution in [0.15, 0.2) is 78.6 Å². The third-order valence-corrected chi connectivity index (χ3v) is 5.03. The molecule has 6 nitrogen and oxygen atoms in total. The Bertz CT molecular complexity index is 1190. The fourth-order valence-corrected chi connectivity index (χ4v) is 3.70. The van der Waals surface area contributed by atoms with E-state index in [9.17, 15) is 19.1 Å². The fourth-order valence-electron chi connectivity index (χ4n) is 3.70. The first-order valence-corrected chi connectivity index (χ1v) is 10.1. The lowest BCUT2D eigenvalue weighted by Gasteiger charge is -2.25. The van der Waals surface area contributed by atoms with Crippen molar-refractivity contribution in [2.24, 2.45) is 0 Å². The third-order valence-electron chi connectivity index (χ3n) is 5.03. The third kappa shape index (κ3) is 3.97. The molecule has 0 aliphatic carbocycles. The zero-order valence-corrected chi connectivity index (χ0v) is 17.5. The van der Waals surface area contributed by atoms with E-state index in [1.807, 2.05) is 13.8 Å². The van der Waals surface area contributed by atoms with Crippen molar-refractivity contribution in [3.05, 3.63) is 95.6 Å². The summed E-state index contributed by atoms with van der Waals surface area (Å²) in [5.74, 6) is -1.92. The maximum atomic E-state index is 13.5. The van der Waals surface area contributed by atoms with E-state index in [0.29, 0.717) is 22.6 Å². The average Bonchev–Trinajstić information content (AvgIpc) is 3.05. The number of rotatable bonds is 5. The van der Waals surface area contributed by atoms with Crippen LogP contribution in [-0.4, -0.2) is 27.9 Å². The molecule has 1 fully saturated rings. The monoisotopic (exact) mass is 432 g/mol. The molecule has 2 aromatic carbocycles. The number of hydrogen-bond donors (Lipinski definition) is 1. The summed E-state index contributed by atoms with van der Waals surface area (Å²) in [5, 5.41) is 11.2. The molecule has 1 aliphatic heterocycles. The minimum atomic E-state index is -0.927. The van der Waals surface area contributed by atoms with Gasteiger partial charge in [-0.2, -0.15) is 0 Å². The largest absolute Gasteiger partial charge is 0.507 e. The van der Waals surface area contributed by atoms with Gasteiger partial charge in [0.05, 0.1) is 17.7 Å². The number of aliphatic hydroxyl groups is 1. The number of Topliss-reactive ketones (excluding diaryl/α,β-unsaturated/α-hetero) is 1. The number of aromatic nitrogens is 1. The fraction of sp³-hybridized carbons (Fsp3) is 0.160. The summed E-state index contributed by atoms with van der Waals surface area (Å²) in [6.07, 6.45) is 3.02. The second kappa shape index (κ2) is 8.63. The summed E-state index contributed by atoms with van der Waals surface area (Å²) in [6.45, 7) is 3.76. The molecule has 0 bridgehead atoms. The van der Waals surface area contributed by atoms with Gasteiger partial charge in [0.1, 0.15) is 17.3 Å². The summed E-state index contributed by atoms with van der Waals surface area (Å²) in [7, 11) is 0. The lowest BCUT2D eigenvalue weighted by Crippen LogP contribution is -2.29. The van der Waals surface area contributed by atoms with Crippen LogP contribution in [0.3, 0.4) is 0 Å². The first-order chi connectivity index (χ1) is 15.4. The molecular weight excluding hydrogens is 411 g/mol. The Kier molecular flexibility index (Phi) is 5.73. The highest BCUT2D eigenvalue weighted by Gasteiger charge is 2.47. The van der Waals surface area contributed by atoms with Gasteiger partial charge in [-0.05, 0) is 61.9 Å². The summed E-state index contributed by atoms with van der Waals surface area (Å²) >= 11 is 0. The van der Waals surface area contributed by atoms with Crippen molar-refractivity contribution in [2.45, 2.75) is 26.0 Å². The number of aliphatic hydroxyl groups excluding tert-OH is 1. The molecule has 32 heavy (non-hydrogen) atoms. The molecular formula is C25H21FN2O4. The Balaban J connectivity index is 1.89. The number of anilines is 1. The Morgan fingerprint density at radius 2 is 1.84 bits per heavy atom. The van der Waals surface area contributed by atoms with Crippen molar-refractivity contribution in [2.75, 3.05) is 4.90 Å². The predicted octanol–water partition coefficient (Wildman–Crippen LogP) is 4.63. The van der Waals surface area contributed by atoms with Crippen LogP contribution in [0.25, 0.3) is 5.76 Å². The van der Waals surface area contributed by atoms with E-state index in [-0.39, 0.29) is 17.4 Å². The molecule has 1 amide bonds. The Morgan fingerprint density at radius 3 is 2.50 bits per heavy atom. The molecule has 2 heterocycles. The molecule has 7 heteroatoms. The summed E-state index contributed by atoms with van der Waals surface area (Å²) in [4.78, 5) is 31.5. The molecule has 0 saturated carbocycles. The number of ketones is 1. The highest BCUT2D eigenvalue weighted by molar-refractivity contribution is 6.51. The van der Waals surface area contributed by atoms with E-state index < -0.39 is 23.5 Å². The van der Waals surface area contributed by atoms with Gasteiger partial charge in [0.15, 0.2) is 0 Å². The summed E-state index contributed by atoms with van der Waals surface area (Å²) in [5.41, 5.74) is 1.13. The van der Waals surface area contributed by atoms with Crippen molar-refractivity contribution in [3.8, 4) is 5.75 Å². The smallest absolute Gasteiger partial charge is 0.300 e. The molecule has 3 aromatic rings. The standard InChI is InChI=1S/C25H21FN2O4/c1-15(2)32-20-7-3-5-16(13-20)23(29)21-22(17-6-4-12-27-14-17)28(25(31)24(21)30)19-10-8-18(26)9-11-19/h3-15,22,29H,1-2H3/b23-21-. The maximum Gasteiger partial charge on any atom is 0.300 e. The number of carbonyl (C=O) groups excluding carboxylic acids is 2. The molecule has 1 unspecified atom stereocenters. The van der Waals surface area contributed by atoms with Gasteiger partial charge in [0, 0.05) is 23.6 Å². The van der Waals surface area contributed by atoms with E-state index in [0.717, 1.165) is 0 Å². The molecule has 0 radical (unpaired) electrons. The molecule has 1 atom stereocenters. The number of amides is 1. The van der Waals surface area contributed by atoms with Crippen LogP contribution in [0, 0.1) is 5.82 Å². The number of pyridine rings is 1. The molecule has 1 N–H and O–H groups in total. The van der Waals surface area contributed by atoms with Gasteiger partial charge in [-0.25, -0.2) is 4.39 Å². The van der Waals surface area contributed by atoms with Crippen LogP contribution in [0.1, 0.15) is 31.0 Å².